The number of sulfonamides is 4. The SMILES string of the molecule is C.C.CC1(C)OB(c2ccc(Cl)c3c(N(S(C)(=O)=O)S(C)(=O)=O)nn(CC(F)(F)F)c23)OC1(C)C.CS(=O)(=O)N(c1nn(CC(F)(F)F)c2c(Br)ccc(Cl)c12)S(C)(=O)=O. The first-order valence-corrected chi connectivity index (χ1v) is 24.7. The molecule has 0 N–H and O–H groups in total. The molecular formula is C30H40BBrCl2F6N6O10S4. The van der Waals surface area contributed by atoms with Gasteiger partial charge in [-0.05, 0) is 61.8 Å². The average molecular weight is 1050 g/mol. The number of aromatic nitrogens is 4. The van der Waals surface area contributed by atoms with Crippen molar-refractivity contribution < 1.29 is 69.3 Å². The Hall–Kier alpha value is -2.60. The summed E-state index contributed by atoms with van der Waals surface area (Å²) in [7, 11) is -19.0. The molecule has 0 aliphatic carbocycles. The van der Waals surface area contributed by atoms with Crippen LogP contribution in [0.1, 0.15) is 42.5 Å². The van der Waals surface area contributed by atoms with Gasteiger partial charge in [0, 0.05) is 9.94 Å². The molecule has 2 aromatic carbocycles. The monoisotopic (exact) mass is 1050 g/mol. The molecule has 0 spiro atoms. The quantitative estimate of drug-likeness (QED) is 0.134. The van der Waals surface area contributed by atoms with Crippen molar-refractivity contribution in [3.8, 4) is 0 Å². The zero-order chi connectivity index (χ0) is 44.7. The molecule has 0 radical (unpaired) electrons. The van der Waals surface area contributed by atoms with Gasteiger partial charge < -0.3 is 9.31 Å². The zero-order valence-corrected chi connectivity index (χ0v) is 37.5. The third-order valence-corrected chi connectivity index (χ3v) is 16.0. The molecule has 0 saturated carbocycles. The number of hydrogen-bond acceptors (Lipinski definition) is 12. The smallest absolute Gasteiger partial charge is 0.399 e. The summed E-state index contributed by atoms with van der Waals surface area (Å²) < 4.78 is 189. The molecule has 1 saturated heterocycles. The lowest BCUT2D eigenvalue weighted by Crippen LogP contribution is -2.41. The molecular weight excluding hydrogens is 1010 g/mol. The largest absolute Gasteiger partial charge is 0.497 e. The fourth-order valence-electron chi connectivity index (χ4n) is 5.61. The van der Waals surface area contributed by atoms with Gasteiger partial charge >= 0.3 is 19.5 Å². The zero-order valence-electron chi connectivity index (χ0n) is 31.1. The number of alkyl halides is 6. The fourth-order valence-corrected chi connectivity index (χ4v) is 12.3. The Bertz CT molecular complexity index is 2670. The maximum Gasteiger partial charge on any atom is 0.497 e. The van der Waals surface area contributed by atoms with Gasteiger partial charge in [-0.15, -0.1) is 7.42 Å². The van der Waals surface area contributed by atoms with Gasteiger partial charge in [0.1, 0.15) is 13.1 Å². The molecule has 5 rings (SSSR count). The summed E-state index contributed by atoms with van der Waals surface area (Å²) in [4.78, 5) is 0. The van der Waals surface area contributed by atoms with Crippen molar-refractivity contribution in [3.63, 3.8) is 0 Å². The molecule has 3 heterocycles. The van der Waals surface area contributed by atoms with E-state index in [2.05, 4.69) is 26.1 Å². The standard InChI is InChI=1S/C17H22BClF3N3O6S2.C11H10BrClF3N3O4S2.2CH4/c1-15(2)16(3,4)31-18(30-15)10-7-8-11(19)12-13(10)24(9-17(20,21)22)23-14(12)25(32(5,26)27)33(6,28)29;1-24(20,21)19(25(2,22)23)10-8-7(13)4-3-6(12)9(8)18(17-10)5-11(14,15)16;;/h7-8H,9H2,1-6H3;3-4H,5H2,1-2H3;2*1H4. The van der Waals surface area contributed by atoms with E-state index in [1.165, 1.54) is 24.3 Å². The minimum absolute atomic E-state index is 0. The summed E-state index contributed by atoms with van der Waals surface area (Å²) in [6, 6.07) is 5.28. The number of hydrogen-bond donors (Lipinski definition) is 0. The molecule has 2 aromatic heterocycles. The van der Waals surface area contributed by atoms with E-state index in [4.69, 9.17) is 32.5 Å². The number of benzene rings is 2. The van der Waals surface area contributed by atoms with Gasteiger partial charge in [0.2, 0.25) is 40.1 Å². The van der Waals surface area contributed by atoms with Crippen LogP contribution in [0, 0.1) is 0 Å². The first-order valence-electron chi connectivity index (χ1n) is 15.7. The van der Waals surface area contributed by atoms with E-state index in [9.17, 15) is 60.0 Å². The lowest BCUT2D eigenvalue weighted by Gasteiger charge is -2.32. The van der Waals surface area contributed by atoms with Crippen LogP contribution in [0.3, 0.4) is 0 Å². The third kappa shape index (κ3) is 11.3. The third-order valence-electron chi connectivity index (χ3n) is 8.35. The van der Waals surface area contributed by atoms with Gasteiger partial charge in [0.15, 0.2) is 11.6 Å². The Morgan fingerprint density at radius 2 is 0.967 bits per heavy atom. The van der Waals surface area contributed by atoms with Gasteiger partial charge in [-0.25, -0.2) is 33.7 Å². The van der Waals surface area contributed by atoms with Crippen LogP contribution in [0.5, 0.6) is 0 Å². The maximum absolute atomic E-state index is 13.4. The predicted molar refractivity (Wildman–Crippen MR) is 223 cm³/mol. The van der Waals surface area contributed by atoms with Crippen LogP contribution in [-0.2, 0) is 62.5 Å². The Balaban J connectivity index is 0.000000415. The van der Waals surface area contributed by atoms with Crippen molar-refractivity contribution in [1.29, 1.82) is 0 Å². The number of fused-ring (bicyclic) bond motifs is 2. The Morgan fingerprint density at radius 3 is 1.30 bits per heavy atom. The maximum atomic E-state index is 13.4. The van der Waals surface area contributed by atoms with Crippen LogP contribution in [0.2, 0.25) is 10.0 Å². The van der Waals surface area contributed by atoms with Crippen molar-refractivity contribution in [2.24, 2.45) is 0 Å². The second kappa shape index (κ2) is 17.2. The molecule has 0 atom stereocenters. The van der Waals surface area contributed by atoms with Crippen molar-refractivity contribution >= 4 is 125 Å². The van der Waals surface area contributed by atoms with Crippen LogP contribution in [0.4, 0.5) is 38.0 Å². The van der Waals surface area contributed by atoms with Crippen LogP contribution in [0.15, 0.2) is 28.7 Å². The first-order chi connectivity index (χ1) is 25.8. The highest BCUT2D eigenvalue weighted by atomic mass is 79.9. The van der Waals surface area contributed by atoms with Crippen molar-refractivity contribution in [3.05, 3.63) is 38.8 Å². The molecule has 340 valence electrons. The van der Waals surface area contributed by atoms with Crippen molar-refractivity contribution in [2.75, 3.05) is 32.4 Å². The van der Waals surface area contributed by atoms with Gasteiger partial charge in [-0.2, -0.15) is 36.5 Å². The molecule has 16 nitrogen and oxygen atoms in total. The summed E-state index contributed by atoms with van der Waals surface area (Å²) in [6.45, 7) is 3.77. The molecule has 60 heavy (non-hydrogen) atoms. The van der Waals surface area contributed by atoms with Crippen molar-refractivity contribution in [2.45, 2.75) is 79.2 Å². The summed E-state index contributed by atoms with van der Waals surface area (Å²) in [5.41, 5.74) is -2.04. The Labute approximate surface area is 362 Å². The Morgan fingerprint density at radius 1 is 0.650 bits per heavy atom. The van der Waals surface area contributed by atoms with Gasteiger partial charge in [0.05, 0.1) is 68.1 Å². The summed E-state index contributed by atoms with van der Waals surface area (Å²) in [6.07, 6.45) is -7.09. The summed E-state index contributed by atoms with van der Waals surface area (Å²) >= 11 is 15.3. The highest BCUT2D eigenvalue weighted by molar-refractivity contribution is 9.10. The van der Waals surface area contributed by atoms with Gasteiger partial charge in [-0.3, -0.25) is 9.36 Å². The number of halogens is 9. The van der Waals surface area contributed by atoms with Crippen LogP contribution < -0.4 is 12.9 Å². The normalized spacial score (nSPS) is 15.9. The van der Waals surface area contributed by atoms with Crippen molar-refractivity contribution in [1.82, 2.24) is 19.6 Å². The molecule has 0 bridgehead atoms. The van der Waals surface area contributed by atoms with E-state index in [-0.39, 0.29) is 64.1 Å². The molecule has 30 heteroatoms. The van der Waals surface area contributed by atoms with E-state index in [1.807, 2.05) is 0 Å². The van der Waals surface area contributed by atoms with Crippen LogP contribution >= 0.6 is 39.1 Å². The van der Waals surface area contributed by atoms with Gasteiger partial charge in [-0.1, -0.05) is 44.1 Å². The van der Waals surface area contributed by atoms with Crippen LogP contribution in [0.25, 0.3) is 21.8 Å². The highest BCUT2D eigenvalue weighted by Crippen LogP contribution is 2.41. The lowest BCUT2D eigenvalue weighted by molar-refractivity contribution is -0.142. The first kappa shape index (κ1) is 53.5. The average Bonchev–Trinajstić information content (AvgIpc) is 3.56. The number of rotatable bonds is 9. The van der Waals surface area contributed by atoms with E-state index in [0.717, 1.165) is 0 Å². The second-order valence-corrected chi connectivity index (χ2v) is 23.3. The van der Waals surface area contributed by atoms with E-state index in [0.29, 0.717) is 34.4 Å². The fraction of sp³-hybridized carbons (Fsp3) is 0.533. The molecule has 1 aliphatic heterocycles. The molecule has 0 unspecified atom stereocenters. The van der Waals surface area contributed by atoms with Crippen LogP contribution in [-0.4, -0.2) is 109 Å². The molecule has 0 amide bonds. The number of nitrogens with zero attached hydrogens (tertiary/aromatic N) is 6. The predicted octanol–water partition coefficient (Wildman–Crippen LogP) is 6.29. The van der Waals surface area contributed by atoms with Gasteiger partial charge in [0.25, 0.3) is 0 Å². The van der Waals surface area contributed by atoms with E-state index < -0.39 is 95.5 Å². The molecule has 1 aliphatic rings. The second-order valence-electron chi connectivity index (χ2n) is 13.8. The lowest BCUT2D eigenvalue weighted by atomic mass is 9.77. The minimum Gasteiger partial charge on any atom is -0.399 e. The van der Waals surface area contributed by atoms with E-state index in [1.54, 1.807) is 27.7 Å². The molecule has 4 aromatic rings. The number of anilines is 2. The molecule has 1 fully saturated rings. The van der Waals surface area contributed by atoms with E-state index >= 15 is 0 Å². The summed E-state index contributed by atoms with van der Waals surface area (Å²) in [5.74, 6) is -1.50. The summed E-state index contributed by atoms with van der Waals surface area (Å²) in [5, 5.41) is 6.42. The Kier molecular flexibility index (Phi) is 15.3. The topological polar surface area (TPSA) is 197 Å². The minimum atomic E-state index is -4.77. The highest BCUT2D eigenvalue weighted by Gasteiger charge is 2.53.